The number of benzene rings is 1. The van der Waals surface area contributed by atoms with Crippen LogP contribution in [0.1, 0.15) is 50.9 Å². The highest BCUT2D eigenvalue weighted by atomic mass is 32.1. The summed E-state index contributed by atoms with van der Waals surface area (Å²) in [6.45, 7) is 12.5. The highest BCUT2D eigenvalue weighted by molar-refractivity contribution is 7.14. The van der Waals surface area contributed by atoms with Gasteiger partial charge in [0, 0.05) is 55.1 Å². The number of anilines is 1. The Morgan fingerprint density at radius 1 is 1.15 bits per heavy atom. The van der Waals surface area contributed by atoms with Gasteiger partial charge >= 0.3 is 0 Å². The third kappa shape index (κ3) is 5.53. The molecular weight excluding hydrogens is 526 g/mol. The van der Waals surface area contributed by atoms with Crippen LogP contribution in [-0.4, -0.2) is 96.9 Å². The van der Waals surface area contributed by atoms with Gasteiger partial charge in [-0.15, -0.1) is 11.3 Å². The van der Waals surface area contributed by atoms with E-state index in [0.717, 1.165) is 49.0 Å². The lowest BCUT2D eigenvalue weighted by Gasteiger charge is -2.36. The molecule has 2 aromatic rings. The predicted molar refractivity (Wildman–Crippen MR) is 157 cm³/mol. The van der Waals surface area contributed by atoms with Crippen LogP contribution in [0.2, 0.25) is 0 Å². The van der Waals surface area contributed by atoms with Crippen LogP contribution in [-0.2, 0) is 14.3 Å². The summed E-state index contributed by atoms with van der Waals surface area (Å²) in [7, 11) is 2.14. The van der Waals surface area contributed by atoms with Crippen molar-refractivity contribution in [3.8, 4) is 11.3 Å². The summed E-state index contributed by atoms with van der Waals surface area (Å²) in [5, 5.41) is 6.11. The van der Waals surface area contributed by atoms with E-state index in [-0.39, 0.29) is 36.2 Å². The fourth-order valence-corrected chi connectivity index (χ4v) is 6.74. The second-order valence-corrected chi connectivity index (χ2v) is 12.8. The first-order chi connectivity index (χ1) is 19.1. The number of hydrogen-bond acceptors (Lipinski definition) is 8. The molecule has 0 aliphatic carbocycles. The number of nitrogens with zero attached hydrogens (tertiary/aromatic N) is 4. The summed E-state index contributed by atoms with van der Waals surface area (Å²) in [5.74, 6) is -0.446. The van der Waals surface area contributed by atoms with Gasteiger partial charge in [0.2, 0.25) is 5.91 Å². The van der Waals surface area contributed by atoms with E-state index < -0.39 is 17.5 Å². The predicted octanol–water partition coefficient (Wildman–Crippen LogP) is 3.30. The molecule has 0 spiro atoms. The number of nitrogens with one attached hydrogen (secondary N) is 1. The Morgan fingerprint density at radius 3 is 2.50 bits per heavy atom. The van der Waals surface area contributed by atoms with Gasteiger partial charge in [0.1, 0.15) is 18.7 Å². The van der Waals surface area contributed by atoms with E-state index in [9.17, 15) is 14.4 Å². The van der Waals surface area contributed by atoms with Gasteiger partial charge in [-0.2, -0.15) is 0 Å². The molecule has 216 valence electrons. The monoisotopic (exact) mass is 567 g/mol. The van der Waals surface area contributed by atoms with Gasteiger partial charge in [-0.05, 0) is 37.4 Å². The fraction of sp³-hybridized carbons (Fsp3) is 0.600. The number of fused-ring (bicyclic) bond motifs is 1. The van der Waals surface area contributed by atoms with E-state index in [1.807, 2.05) is 32.9 Å². The maximum atomic E-state index is 13.9. The topological polar surface area (TPSA) is 95.1 Å². The van der Waals surface area contributed by atoms with Gasteiger partial charge in [-0.25, -0.2) is 4.98 Å². The van der Waals surface area contributed by atoms with Gasteiger partial charge in [0.15, 0.2) is 10.9 Å². The summed E-state index contributed by atoms with van der Waals surface area (Å²) in [4.78, 5) is 51.2. The van der Waals surface area contributed by atoms with Gasteiger partial charge in [0.05, 0.1) is 11.8 Å². The fourth-order valence-electron chi connectivity index (χ4n) is 5.85. The largest absolute Gasteiger partial charge is 0.367 e. The van der Waals surface area contributed by atoms with Crippen LogP contribution in [0.4, 0.5) is 5.13 Å². The minimum Gasteiger partial charge on any atom is -0.367 e. The van der Waals surface area contributed by atoms with E-state index in [1.54, 1.807) is 28.4 Å². The second-order valence-electron chi connectivity index (χ2n) is 12.0. The number of piperazine rings is 1. The molecule has 1 unspecified atom stereocenters. The van der Waals surface area contributed by atoms with Crippen molar-refractivity contribution < 1.29 is 19.1 Å². The molecule has 3 fully saturated rings. The van der Waals surface area contributed by atoms with Gasteiger partial charge in [0.25, 0.3) is 5.91 Å². The third-order valence-electron chi connectivity index (χ3n) is 9.02. The zero-order chi connectivity index (χ0) is 28.6. The highest BCUT2D eigenvalue weighted by Crippen LogP contribution is 2.36. The molecule has 9 nitrogen and oxygen atoms in total. The number of carbonyl (C=O) groups excluding carboxylic acids is 3. The Morgan fingerprint density at radius 2 is 1.85 bits per heavy atom. The standard InChI is InChI=1S/C30H41N5O4S/c1-6-19-16-35(24-23(36)17-39-25(19)24)28(38)26(30(3,4)7-2)32-27(37)21-10-8-20(9-11-21)22-18-40-29(31-22)34-14-12-33(5)13-15-34/h8-11,18-19,24-26H,6-7,12-17H2,1-5H3,(H,32,37)/t19-,24-,25-,26?/m1/s1. The maximum Gasteiger partial charge on any atom is 0.251 e. The van der Waals surface area contributed by atoms with Gasteiger partial charge < -0.3 is 24.8 Å². The van der Waals surface area contributed by atoms with Crippen molar-refractivity contribution in [3.63, 3.8) is 0 Å². The molecule has 0 radical (unpaired) electrons. The maximum absolute atomic E-state index is 13.9. The first-order valence-electron chi connectivity index (χ1n) is 14.4. The van der Waals surface area contributed by atoms with Crippen molar-refractivity contribution in [1.29, 1.82) is 0 Å². The number of hydrogen-bond donors (Lipinski definition) is 1. The summed E-state index contributed by atoms with van der Waals surface area (Å²) >= 11 is 1.64. The SMILES string of the molecule is CC[C@@H]1CN(C(=O)C(NC(=O)c2ccc(-c3csc(N4CCN(C)CC4)n3)cc2)C(C)(C)CC)[C@@H]2C(=O)CO[C@H]12. The van der Waals surface area contributed by atoms with Gasteiger partial charge in [-0.3, -0.25) is 14.4 Å². The van der Waals surface area contributed by atoms with Gasteiger partial charge in [-0.1, -0.05) is 39.8 Å². The molecular formula is C30H41N5O4S. The van der Waals surface area contributed by atoms with Crippen LogP contribution in [0, 0.1) is 11.3 Å². The molecule has 0 saturated carbocycles. The molecule has 4 heterocycles. The number of amides is 2. The minimum atomic E-state index is -0.765. The number of carbonyl (C=O) groups is 3. The molecule has 1 aromatic heterocycles. The first-order valence-corrected chi connectivity index (χ1v) is 15.3. The van der Waals surface area contributed by atoms with E-state index in [0.29, 0.717) is 18.5 Å². The van der Waals surface area contributed by atoms with Crippen molar-refractivity contribution in [2.75, 3.05) is 51.3 Å². The Kier molecular flexibility index (Phi) is 8.31. The molecule has 2 amide bonds. The van der Waals surface area contributed by atoms with Crippen LogP contribution < -0.4 is 10.2 Å². The third-order valence-corrected chi connectivity index (χ3v) is 9.92. The van der Waals surface area contributed by atoms with E-state index >= 15 is 0 Å². The van der Waals surface area contributed by atoms with Crippen LogP contribution in [0.5, 0.6) is 0 Å². The molecule has 3 saturated heterocycles. The molecule has 10 heteroatoms. The number of Topliss-reactive ketones (excluding diaryl/α,β-unsaturated/α-hetero) is 1. The first kappa shape index (κ1) is 28.7. The Bertz CT molecular complexity index is 1240. The molecule has 3 aliphatic rings. The molecule has 1 aromatic carbocycles. The minimum absolute atomic E-state index is 0.0476. The van der Waals surface area contributed by atoms with Crippen molar-refractivity contribution in [2.45, 2.75) is 58.7 Å². The summed E-state index contributed by atoms with van der Waals surface area (Å²) in [6, 6.07) is 6.06. The van der Waals surface area contributed by atoms with E-state index in [1.165, 1.54) is 0 Å². The lowest BCUT2D eigenvalue weighted by atomic mass is 9.80. The smallest absolute Gasteiger partial charge is 0.251 e. The number of ketones is 1. The molecule has 40 heavy (non-hydrogen) atoms. The molecule has 3 aliphatic heterocycles. The number of likely N-dealkylation sites (tertiary alicyclic amines) is 1. The average Bonchev–Trinajstić information content (AvgIpc) is 3.69. The summed E-state index contributed by atoms with van der Waals surface area (Å²) < 4.78 is 5.76. The summed E-state index contributed by atoms with van der Waals surface area (Å²) in [5.41, 5.74) is 1.82. The quantitative estimate of drug-likeness (QED) is 0.523. The lowest BCUT2D eigenvalue weighted by Crippen LogP contribution is -2.57. The van der Waals surface area contributed by atoms with E-state index in [4.69, 9.17) is 9.72 Å². The summed E-state index contributed by atoms with van der Waals surface area (Å²) in [6.07, 6.45) is 1.26. The van der Waals surface area contributed by atoms with Crippen LogP contribution in [0.15, 0.2) is 29.6 Å². The van der Waals surface area contributed by atoms with Crippen molar-refractivity contribution in [3.05, 3.63) is 35.2 Å². The number of likely N-dealkylation sites (N-methyl/N-ethyl adjacent to an activating group) is 1. The second kappa shape index (κ2) is 11.6. The molecule has 4 atom stereocenters. The number of aromatic nitrogens is 1. The van der Waals surface area contributed by atoms with Crippen LogP contribution in [0.3, 0.4) is 0 Å². The van der Waals surface area contributed by atoms with Crippen molar-refractivity contribution >= 4 is 34.1 Å². The van der Waals surface area contributed by atoms with E-state index in [2.05, 4.69) is 34.5 Å². The Balaban J connectivity index is 1.30. The number of rotatable bonds is 8. The molecule has 5 rings (SSSR count). The van der Waals surface area contributed by atoms with Crippen molar-refractivity contribution in [1.82, 2.24) is 20.1 Å². The highest BCUT2D eigenvalue weighted by Gasteiger charge is 2.53. The Hall–Kier alpha value is -2.82. The number of thiazole rings is 1. The van der Waals surface area contributed by atoms with Crippen LogP contribution in [0.25, 0.3) is 11.3 Å². The number of ether oxygens (including phenoxy) is 1. The van der Waals surface area contributed by atoms with Crippen molar-refractivity contribution in [2.24, 2.45) is 11.3 Å². The molecule has 1 N–H and O–H groups in total. The zero-order valence-corrected chi connectivity index (χ0v) is 25.0. The molecule has 0 bridgehead atoms. The normalized spacial score (nSPS) is 24.3. The van der Waals surface area contributed by atoms with Crippen LogP contribution >= 0.6 is 11.3 Å². The Labute approximate surface area is 240 Å². The lowest BCUT2D eigenvalue weighted by molar-refractivity contribution is -0.140. The average molecular weight is 568 g/mol. The zero-order valence-electron chi connectivity index (χ0n) is 24.2.